The van der Waals surface area contributed by atoms with Crippen LogP contribution in [-0.4, -0.2) is 31.3 Å². The molecule has 0 saturated heterocycles. The van der Waals surface area contributed by atoms with Gasteiger partial charge in [0.15, 0.2) is 0 Å². The highest BCUT2D eigenvalue weighted by molar-refractivity contribution is 5.37. The van der Waals surface area contributed by atoms with Crippen LogP contribution in [0.2, 0.25) is 0 Å². The molecule has 0 fully saturated rings. The zero-order valence-corrected chi connectivity index (χ0v) is 9.49. The fourth-order valence-corrected chi connectivity index (χ4v) is 1.20. The smallest absolute Gasteiger partial charge is 0.137 e. The maximum atomic E-state index is 5.39. The Kier molecular flexibility index (Phi) is 4.90. The van der Waals surface area contributed by atoms with Crippen LogP contribution in [0.25, 0.3) is 0 Å². The number of anilines is 1. The Bertz CT molecular complexity index is 274. The molecule has 4 nitrogen and oxygen atoms in total. The fraction of sp³-hybridized carbons (Fsp3) is 0.545. The van der Waals surface area contributed by atoms with Gasteiger partial charge in [0, 0.05) is 13.2 Å². The largest absolute Gasteiger partial charge is 0.495 e. The van der Waals surface area contributed by atoms with Crippen LogP contribution < -0.4 is 10.1 Å². The quantitative estimate of drug-likeness (QED) is 0.779. The molecule has 84 valence electrons. The van der Waals surface area contributed by atoms with E-state index in [-0.39, 0.29) is 6.10 Å². The summed E-state index contributed by atoms with van der Waals surface area (Å²) in [6, 6.07) is 3.76. The zero-order chi connectivity index (χ0) is 11.1. The first kappa shape index (κ1) is 11.8. The molecular formula is C11H18N2O2. The number of hydrogen-bond acceptors (Lipinski definition) is 4. The molecule has 0 aliphatic rings. The van der Waals surface area contributed by atoms with E-state index in [0.29, 0.717) is 0 Å². The van der Waals surface area contributed by atoms with Crippen molar-refractivity contribution in [3.63, 3.8) is 0 Å². The number of nitrogens with one attached hydrogen (secondary N) is 1. The molecule has 1 heterocycles. The molecule has 1 unspecified atom stereocenters. The molecule has 0 aliphatic carbocycles. The van der Waals surface area contributed by atoms with Crippen molar-refractivity contribution in [3.05, 3.63) is 18.3 Å². The van der Waals surface area contributed by atoms with Gasteiger partial charge in [0.05, 0.1) is 19.4 Å². The highest BCUT2D eigenvalue weighted by Gasteiger charge is 2.01. The number of nitrogens with zero attached hydrogens (tertiary/aromatic N) is 1. The summed E-state index contributed by atoms with van der Waals surface area (Å²) in [4.78, 5) is 4.19. The first-order chi connectivity index (χ1) is 7.26. The lowest BCUT2D eigenvalue weighted by atomic mass is 10.4. The molecule has 1 N–H and O–H groups in total. The predicted molar refractivity (Wildman–Crippen MR) is 60.4 cm³/mol. The molecule has 0 aromatic carbocycles. The Balaban J connectivity index is 2.37. The molecule has 1 rings (SSSR count). The Morgan fingerprint density at radius 1 is 1.47 bits per heavy atom. The zero-order valence-electron chi connectivity index (χ0n) is 9.49. The van der Waals surface area contributed by atoms with E-state index < -0.39 is 0 Å². The second-order valence-corrected chi connectivity index (χ2v) is 3.23. The summed E-state index contributed by atoms with van der Waals surface area (Å²) in [5.41, 5.74) is 0. The van der Waals surface area contributed by atoms with E-state index in [1.165, 1.54) is 0 Å². The van der Waals surface area contributed by atoms with E-state index in [0.717, 1.165) is 24.7 Å². The minimum atomic E-state index is 0.193. The summed E-state index contributed by atoms with van der Waals surface area (Å²) >= 11 is 0. The van der Waals surface area contributed by atoms with Crippen LogP contribution in [0.3, 0.4) is 0 Å². The number of aromatic nitrogens is 1. The van der Waals surface area contributed by atoms with E-state index in [1.807, 2.05) is 26.0 Å². The number of pyridine rings is 1. The third-order valence-corrected chi connectivity index (χ3v) is 1.99. The van der Waals surface area contributed by atoms with Crippen LogP contribution in [0.4, 0.5) is 5.82 Å². The summed E-state index contributed by atoms with van der Waals surface area (Å²) in [7, 11) is 1.63. The lowest BCUT2D eigenvalue weighted by Gasteiger charge is -2.12. The van der Waals surface area contributed by atoms with Crippen LogP contribution in [0.1, 0.15) is 13.8 Å². The van der Waals surface area contributed by atoms with Gasteiger partial charge in [-0.2, -0.15) is 0 Å². The summed E-state index contributed by atoms with van der Waals surface area (Å²) in [5.74, 6) is 1.60. The first-order valence-electron chi connectivity index (χ1n) is 5.11. The van der Waals surface area contributed by atoms with E-state index >= 15 is 0 Å². The normalized spacial score (nSPS) is 12.2. The van der Waals surface area contributed by atoms with Crippen molar-refractivity contribution < 1.29 is 9.47 Å². The van der Waals surface area contributed by atoms with Crippen molar-refractivity contribution >= 4 is 5.82 Å². The monoisotopic (exact) mass is 210 g/mol. The summed E-state index contributed by atoms with van der Waals surface area (Å²) < 4.78 is 10.4. The molecule has 15 heavy (non-hydrogen) atoms. The Morgan fingerprint density at radius 2 is 2.27 bits per heavy atom. The predicted octanol–water partition coefficient (Wildman–Crippen LogP) is 1.93. The van der Waals surface area contributed by atoms with E-state index in [9.17, 15) is 0 Å². The molecule has 1 aromatic heterocycles. The minimum Gasteiger partial charge on any atom is -0.495 e. The Hall–Kier alpha value is -1.29. The number of methoxy groups -OCH3 is 1. The summed E-state index contributed by atoms with van der Waals surface area (Å²) in [5, 5.41) is 3.19. The van der Waals surface area contributed by atoms with Crippen molar-refractivity contribution in [3.8, 4) is 5.75 Å². The van der Waals surface area contributed by atoms with E-state index in [4.69, 9.17) is 9.47 Å². The highest BCUT2D eigenvalue weighted by atomic mass is 16.5. The number of ether oxygens (including phenoxy) is 2. The van der Waals surface area contributed by atoms with Gasteiger partial charge in [0.1, 0.15) is 11.6 Å². The SMILES string of the molecule is CCOC(C)CNc1ccc(OC)cn1. The molecule has 0 bridgehead atoms. The maximum Gasteiger partial charge on any atom is 0.137 e. The summed E-state index contributed by atoms with van der Waals surface area (Å²) in [6.45, 7) is 5.51. The van der Waals surface area contributed by atoms with Crippen LogP contribution in [0.15, 0.2) is 18.3 Å². The Labute approximate surface area is 90.6 Å². The van der Waals surface area contributed by atoms with Crippen LogP contribution >= 0.6 is 0 Å². The van der Waals surface area contributed by atoms with Crippen LogP contribution in [0.5, 0.6) is 5.75 Å². The van der Waals surface area contributed by atoms with E-state index in [1.54, 1.807) is 13.3 Å². The van der Waals surface area contributed by atoms with Crippen molar-refractivity contribution in [2.75, 3.05) is 25.6 Å². The topological polar surface area (TPSA) is 43.4 Å². The molecule has 1 atom stereocenters. The molecule has 1 aromatic rings. The maximum absolute atomic E-state index is 5.39. The van der Waals surface area contributed by atoms with Crippen molar-refractivity contribution in [2.24, 2.45) is 0 Å². The Morgan fingerprint density at radius 3 is 2.80 bits per heavy atom. The standard InChI is InChI=1S/C11H18N2O2/c1-4-15-9(2)7-12-11-6-5-10(14-3)8-13-11/h5-6,8-9H,4,7H2,1-3H3,(H,12,13). The summed E-state index contributed by atoms with van der Waals surface area (Å²) in [6.07, 6.45) is 1.88. The second-order valence-electron chi connectivity index (χ2n) is 3.23. The lowest BCUT2D eigenvalue weighted by molar-refractivity contribution is 0.0855. The van der Waals surface area contributed by atoms with Gasteiger partial charge >= 0.3 is 0 Å². The first-order valence-corrected chi connectivity index (χ1v) is 5.11. The van der Waals surface area contributed by atoms with Crippen molar-refractivity contribution in [1.29, 1.82) is 0 Å². The van der Waals surface area contributed by atoms with Gasteiger partial charge < -0.3 is 14.8 Å². The minimum absolute atomic E-state index is 0.193. The molecule has 0 saturated carbocycles. The van der Waals surface area contributed by atoms with Crippen LogP contribution in [-0.2, 0) is 4.74 Å². The number of rotatable bonds is 6. The molecule has 4 heteroatoms. The average Bonchev–Trinajstić information content (AvgIpc) is 2.27. The highest BCUT2D eigenvalue weighted by Crippen LogP contribution is 2.11. The molecule has 0 spiro atoms. The van der Waals surface area contributed by atoms with Gasteiger partial charge in [-0.3, -0.25) is 0 Å². The lowest BCUT2D eigenvalue weighted by Crippen LogP contribution is -2.20. The molecule has 0 amide bonds. The fourth-order valence-electron chi connectivity index (χ4n) is 1.20. The van der Waals surface area contributed by atoms with Crippen molar-refractivity contribution in [1.82, 2.24) is 4.98 Å². The van der Waals surface area contributed by atoms with Gasteiger partial charge in [-0.1, -0.05) is 0 Å². The van der Waals surface area contributed by atoms with Gasteiger partial charge in [-0.15, -0.1) is 0 Å². The second kappa shape index (κ2) is 6.24. The van der Waals surface area contributed by atoms with E-state index in [2.05, 4.69) is 10.3 Å². The van der Waals surface area contributed by atoms with Gasteiger partial charge in [0.25, 0.3) is 0 Å². The third-order valence-electron chi connectivity index (χ3n) is 1.99. The molecule has 0 aliphatic heterocycles. The molecule has 0 radical (unpaired) electrons. The van der Waals surface area contributed by atoms with Gasteiger partial charge in [-0.25, -0.2) is 4.98 Å². The average molecular weight is 210 g/mol. The van der Waals surface area contributed by atoms with Crippen LogP contribution in [0, 0.1) is 0 Å². The van der Waals surface area contributed by atoms with Gasteiger partial charge in [0.2, 0.25) is 0 Å². The van der Waals surface area contributed by atoms with Gasteiger partial charge in [-0.05, 0) is 26.0 Å². The molecular weight excluding hydrogens is 192 g/mol. The third kappa shape index (κ3) is 4.16. The number of hydrogen-bond donors (Lipinski definition) is 1. The van der Waals surface area contributed by atoms with Crippen molar-refractivity contribution in [2.45, 2.75) is 20.0 Å².